The fourth-order valence-electron chi connectivity index (χ4n) is 2.06. The second-order valence-corrected chi connectivity index (χ2v) is 16.3. The van der Waals surface area contributed by atoms with Gasteiger partial charge in [0, 0.05) is 5.02 Å². The van der Waals surface area contributed by atoms with Crippen molar-refractivity contribution in [2.45, 2.75) is 76.6 Å². The first kappa shape index (κ1) is 23.6. The Hall–Kier alpha value is -0.463. The third-order valence-electron chi connectivity index (χ3n) is 4.78. The van der Waals surface area contributed by atoms with Crippen LogP contribution in [-0.4, -0.2) is 23.3 Å². The lowest BCUT2D eigenvalue weighted by atomic mass is 10.0. The molecule has 1 aromatic rings. The quantitative estimate of drug-likeness (QED) is 0.437. The monoisotopic (exact) mass is 415 g/mol. The molecule has 0 aliphatic heterocycles. The molecule has 0 aromatic heterocycles. The molecule has 0 aliphatic rings. The van der Waals surface area contributed by atoms with Gasteiger partial charge in [0.05, 0.1) is 27.9 Å². The molecule has 6 heteroatoms. The Kier molecular flexibility index (Phi) is 7.89. The maximum atomic E-state index is 12.7. The van der Waals surface area contributed by atoms with E-state index in [9.17, 15) is 4.21 Å². The molecule has 0 aliphatic carbocycles. The van der Waals surface area contributed by atoms with E-state index in [1.165, 1.54) is 0 Å². The van der Waals surface area contributed by atoms with Crippen molar-refractivity contribution in [2.24, 2.45) is 0 Å². The van der Waals surface area contributed by atoms with Crippen molar-refractivity contribution in [3.05, 3.63) is 47.5 Å². The van der Waals surface area contributed by atoms with Gasteiger partial charge in [0.1, 0.15) is 0 Å². The van der Waals surface area contributed by atoms with Gasteiger partial charge in [-0.05, 0) is 56.6 Å². The highest BCUT2D eigenvalue weighted by Gasteiger charge is 2.41. The van der Waals surface area contributed by atoms with E-state index >= 15 is 0 Å². The molecule has 3 atom stereocenters. The molecule has 26 heavy (non-hydrogen) atoms. The highest BCUT2D eigenvalue weighted by atomic mass is 35.5. The van der Waals surface area contributed by atoms with Crippen LogP contribution >= 0.6 is 11.6 Å². The number of hydrogen-bond acceptors (Lipinski definition) is 2. The Balaban J connectivity index is 3.30. The number of halogens is 1. The second kappa shape index (κ2) is 8.70. The summed E-state index contributed by atoms with van der Waals surface area (Å²) in [4.78, 5) is 0. The van der Waals surface area contributed by atoms with Crippen LogP contribution in [0.3, 0.4) is 0 Å². The van der Waals surface area contributed by atoms with Gasteiger partial charge >= 0.3 is 0 Å². The second-order valence-electron chi connectivity index (χ2n) is 9.11. The van der Waals surface area contributed by atoms with Crippen LogP contribution in [0, 0.1) is 0 Å². The van der Waals surface area contributed by atoms with Crippen molar-refractivity contribution in [3.63, 3.8) is 0 Å². The van der Waals surface area contributed by atoms with Gasteiger partial charge < -0.3 is 4.43 Å². The summed E-state index contributed by atoms with van der Waals surface area (Å²) >= 11 is 6.23. The number of hydrogen-bond donors (Lipinski definition) is 1. The molecule has 0 bridgehead atoms. The van der Waals surface area contributed by atoms with E-state index in [1.807, 2.05) is 45.0 Å². The zero-order valence-electron chi connectivity index (χ0n) is 17.4. The van der Waals surface area contributed by atoms with Crippen molar-refractivity contribution in [1.82, 2.24) is 4.72 Å². The first-order chi connectivity index (χ1) is 11.7. The molecule has 0 saturated carbocycles. The van der Waals surface area contributed by atoms with E-state index in [2.05, 4.69) is 45.2 Å². The third-order valence-corrected chi connectivity index (χ3v) is 11.1. The van der Waals surface area contributed by atoms with Gasteiger partial charge in [0.25, 0.3) is 0 Å². The Morgan fingerprint density at radius 1 is 1.23 bits per heavy atom. The smallest absolute Gasteiger partial charge is 0.193 e. The summed E-state index contributed by atoms with van der Waals surface area (Å²) in [6, 6.07) is 7.39. The fourth-order valence-corrected chi connectivity index (χ4v) is 4.35. The molecule has 1 aromatic carbocycles. The lowest BCUT2D eigenvalue weighted by Crippen LogP contribution is -2.48. The standard InChI is InChI=1S/C20H34ClNO2SSi/c1-10-17(22-25(23)19(2,3)4)18(15-12-11-13-16(21)14-15)24-26(8,9)20(5,6)7/h10-14,17-18,22H,1H2,2-9H3/t17-,18+,25?/m0/s1. The number of rotatable bonds is 7. The molecule has 148 valence electrons. The van der Waals surface area contributed by atoms with E-state index in [0.717, 1.165) is 5.56 Å². The van der Waals surface area contributed by atoms with Crippen molar-refractivity contribution < 1.29 is 8.63 Å². The lowest BCUT2D eigenvalue weighted by Gasteiger charge is -2.41. The zero-order chi connectivity index (χ0) is 20.3. The van der Waals surface area contributed by atoms with Crippen LogP contribution < -0.4 is 4.72 Å². The molecular weight excluding hydrogens is 382 g/mol. The summed E-state index contributed by atoms with van der Waals surface area (Å²) in [5.41, 5.74) is 0.964. The minimum atomic E-state index is -2.07. The molecule has 1 rings (SSSR count). The number of benzene rings is 1. The predicted molar refractivity (Wildman–Crippen MR) is 117 cm³/mol. The highest BCUT2D eigenvalue weighted by molar-refractivity contribution is 7.84. The molecule has 1 N–H and O–H groups in total. The molecule has 0 saturated heterocycles. The first-order valence-electron chi connectivity index (χ1n) is 8.93. The van der Waals surface area contributed by atoms with Gasteiger partial charge in [-0.2, -0.15) is 0 Å². The zero-order valence-corrected chi connectivity index (χ0v) is 19.9. The van der Waals surface area contributed by atoms with Crippen molar-refractivity contribution >= 4 is 30.9 Å². The van der Waals surface area contributed by atoms with Gasteiger partial charge in [-0.15, -0.1) is 6.58 Å². The minimum absolute atomic E-state index is 0.0543. The van der Waals surface area contributed by atoms with Crippen LogP contribution in [0.1, 0.15) is 53.2 Å². The Labute approximate surface area is 168 Å². The van der Waals surface area contributed by atoms with Crippen LogP contribution in [0.25, 0.3) is 0 Å². The van der Waals surface area contributed by atoms with Crippen LogP contribution in [0.5, 0.6) is 0 Å². The summed E-state index contributed by atoms with van der Waals surface area (Å²) in [7, 11) is -3.31. The fraction of sp³-hybridized carbons (Fsp3) is 0.600. The predicted octanol–water partition coefficient (Wildman–Crippen LogP) is 6.01. The normalized spacial score (nSPS) is 16.8. The van der Waals surface area contributed by atoms with E-state index in [-0.39, 0.29) is 21.9 Å². The molecule has 0 fully saturated rings. The summed E-state index contributed by atoms with van der Waals surface area (Å²) in [5, 5.41) is 0.713. The number of nitrogens with one attached hydrogen (secondary N) is 1. The molecule has 1 unspecified atom stereocenters. The van der Waals surface area contributed by atoms with E-state index in [1.54, 1.807) is 6.08 Å². The molecular formula is C20H34ClNO2SSi. The van der Waals surface area contributed by atoms with Gasteiger partial charge in [-0.25, -0.2) is 8.93 Å². The van der Waals surface area contributed by atoms with E-state index < -0.39 is 19.3 Å². The average Bonchev–Trinajstić information content (AvgIpc) is 2.48. The van der Waals surface area contributed by atoms with E-state index in [4.69, 9.17) is 16.0 Å². The van der Waals surface area contributed by atoms with Crippen LogP contribution in [-0.2, 0) is 15.4 Å². The van der Waals surface area contributed by atoms with Gasteiger partial charge in [0.2, 0.25) is 0 Å². The maximum Gasteiger partial charge on any atom is 0.193 e. The molecule has 0 heterocycles. The summed E-state index contributed by atoms with van der Waals surface area (Å²) in [6.07, 6.45) is 1.47. The largest absolute Gasteiger partial charge is 0.408 e. The van der Waals surface area contributed by atoms with E-state index in [0.29, 0.717) is 5.02 Å². The summed E-state index contributed by atoms with van der Waals surface area (Å²) < 4.78 is 22.2. The van der Waals surface area contributed by atoms with Crippen molar-refractivity contribution in [1.29, 1.82) is 0 Å². The minimum Gasteiger partial charge on any atom is -0.408 e. The molecule has 3 nitrogen and oxygen atoms in total. The Morgan fingerprint density at radius 3 is 2.23 bits per heavy atom. The van der Waals surface area contributed by atoms with Gasteiger partial charge in [-0.1, -0.05) is 50.6 Å². The van der Waals surface area contributed by atoms with Crippen molar-refractivity contribution in [2.75, 3.05) is 0 Å². The summed E-state index contributed by atoms with van der Waals surface area (Å²) in [5.74, 6) is 0. The lowest BCUT2D eigenvalue weighted by molar-refractivity contribution is 0.164. The first-order valence-corrected chi connectivity index (χ1v) is 13.4. The topological polar surface area (TPSA) is 38.3 Å². The Bertz CT molecular complexity index is 650. The van der Waals surface area contributed by atoms with Gasteiger partial charge in [-0.3, -0.25) is 0 Å². The molecule has 0 amide bonds. The Morgan fingerprint density at radius 2 is 1.81 bits per heavy atom. The molecule has 0 radical (unpaired) electrons. The van der Waals surface area contributed by atoms with Gasteiger partial charge in [0.15, 0.2) is 8.32 Å². The highest BCUT2D eigenvalue weighted by Crippen LogP contribution is 2.41. The van der Waals surface area contributed by atoms with Crippen LogP contribution in [0.2, 0.25) is 23.2 Å². The third kappa shape index (κ3) is 6.31. The van der Waals surface area contributed by atoms with Crippen molar-refractivity contribution in [3.8, 4) is 0 Å². The SMILES string of the molecule is C=C[C@H](NS(=O)C(C)(C)C)[C@H](O[Si](C)(C)C(C)(C)C)c1cccc(Cl)c1. The van der Waals surface area contributed by atoms with Crippen LogP contribution in [0.4, 0.5) is 0 Å². The van der Waals surface area contributed by atoms with Crippen LogP contribution in [0.15, 0.2) is 36.9 Å². The summed E-state index contributed by atoms with van der Waals surface area (Å²) in [6.45, 7) is 20.8. The maximum absolute atomic E-state index is 12.7. The average molecular weight is 416 g/mol. The molecule has 0 spiro atoms.